The molecule has 4 heteroatoms. The summed E-state index contributed by atoms with van der Waals surface area (Å²) in [7, 11) is 0. The van der Waals surface area contributed by atoms with Gasteiger partial charge in [-0.1, -0.05) is 0 Å². The Balaban J connectivity index is 2.63. The maximum absolute atomic E-state index is 11.0. The van der Waals surface area contributed by atoms with Crippen molar-refractivity contribution in [2.75, 3.05) is 0 Å². The van der Waals surface area contributed by atoms with Crippen molar-refractivity contribution in [1.82, 2.24) is 9.38 Å². The van der Waals surface area contributed by atoms with Gasteiger partial charge in [-0.3, -0.25) is 4.79 Å². The van der Waals surface area contributed by atoms with Crippen LogP contribution in [0, 0.1) is 11.3 Å². The van der Waals surface area contributed by atoms with E-state index in [2.05, 4.69) is 4.98 Å². The van der Waals surface area contributed by atoms with E-state index in [1.54, 1.807) is 16.8 Å². The van der Waals surface area contributed by atoms with Crippen LogP contribution >= 0.6 is 0 Å². The minimum atomic E-state index is -0.0367. The number of aromatic nitrogens is 2. The normalized spacial score (nSPS) is 10.1. The summed E-state index contributed by atoms with van der Waals surface area (Å²) in [6, 6.07) is 5.02. The van der Waals surface area contributed by atoms with Crippen LogP contribution in [0.15, 0.2) is 29.3 Å². The van der Waals surface area contributed by atoms with Gasteiger partial charge in [-0.15, -0.1) is 0 Å². The van der Waals surface area contributed by atoms with Gasteiger partial charge in [0.05, 0.1) is 12.5 Å². The molecule has 0 aliphatic heterocycles. The highest BCUT2D eigenvalue weighted by molar-refractivity contribution is 5.39. The second kappa shape index (κ2) is 2.79. The van der Waals surface area contributed by atoms with Gasteiger partial charge in [0.2, 0.25) is 0 Å². The molecule has 0 saturated heterocycles. The van der Waals surface area contributed by atoms with Gasteiger partial charge in [-0.05, 0) is 0 Å². The number of nitrogens with one attached hydrogen (secondary N) is 1. The molecule has 2 aromatic heterocycles. The molecule has 0 radical (unpaired) electrons. The van der Waals surface area contributed by atoms with Crippen molar-refractivity contribution in [3.63, 3.8) is 0 Å². The summed E-state index contributed by atoms with van der Waals surface area (Å²) in [4.78, 5) is 13.9. The van der Waals surface area contributed by atoms with Crippen molar-refractivity contribution in [1.29, 1.82) is 5.26 Å². The molecule has 13 heavy (non-hydrogen) atoms. The lowest BCUT2D eigenvalue weighted by atomic mass is 10.4. The van der Waals surface area contributed by atoms with Gasteiger partial charge >= 0.3 is 0 Å². The van der Waals surface area contributed by atoms with E-state index in [-0.39, 0.29) is 5.43 Å². The summed E-state index contributed by atoms with van der Waals surface area (Å²) < 4.78 is 1.79. The molecule has 1 N–H and O–H groups in total. The van der Waals surface area contributed by atoms with Crippen molar-refractivity contribution >= 4 is 5.65 Å². The molecule has 4 nitrogen and oxygen atoms in total. The lowest BCUT2D eigenvalue weighted by molar-refractivity contribution is 1.16. The van der Waals surface area contributed by atoms with E-state index >= 15 is 0 Å². The molecular weight excluding hydrogens is 166 g/mol. The Labute approximate surface area is 74.1 Å². The van der Waals surface area contributed by atoms with Crippen LogP contribution in [0.1, 0.15) is 5.69 Å². The van der Waals surface area contributed by atoms with E-state index in [9.17, 15) is 4.79 Å². The van der Waals surface area contributed by atoms with Gasteiger partial charge in [0.25, 0.3) is 0 Å². The average molecular weight is 173 g/mol. The summed E-state index contributed by atoms with van der Waals surface area (Å²) in [6.45, 7) is 0. The molecule has 2 rings (SSSR count). The number of hydrogen-bond acceptors (Lipinski definition) is 2. The quantitative estimate of drug-likeness (QED) is 0.689. The van der Waals surface area contributed by atoms with Crippen LogP contribution in [0.3, 0.4) is 0 Å². The number of H-pyrrole nitrogens is 1. The number of pyridine rings is 1. The zero-order valence-electron chi connectivity index (χ0n) is 6.82. The number of rotatable bonds is 1. The highest BCUT2D eigenvalue weighted by Gasteiger charge is 1.98. The van der Waals surface area contributed by atoms with E-state index in [0.717, 1.165) is 11.3 Å². The lowest BCUT2D eigenvalue weighted by Crippen LogP contribution is -1.97. The molecule has 0 fully saturated rings. The number of nitrogens with zero attached hydrogens (tertiary/aromatic N) is 2. The Hall–Kier alpha value is -2.02. The van der Waals surface area contributed by atoms with Crippen LogP contribution in [0.2, 0.25) is 0 Å². The third-order valence-electron chi connectivity index (χ3n) is 1.81. The van der Waals surface area contributed by atoms with Crippen molar-refractivity contribution in [2.45, 2.75) is 6.42 Å². The first-order chi connectivity index (χ1) is 6.29. The Morgan fingerprint density at radius 3 is 3.23 bits per heavy atom. The zero-order chi connectivity index (χ0) is 9.26. The topological polar surface area (TPSA) is 61.1 Å². The second-order valence-electron chi connectivity index (χ2n) is 2.77. The zero-order valence-corrected chi connectivity index (χ0v) is 6.82. The fraction of sp³-hybridized carbons (Fsp3) is 0.111. The van der Waals surface area contributed by atoms with Crippen LogP contribution in [-0.4, -0.2) is 9.38 Å². The van der Waals surface area contributed by atoms with Crippen LogP contribution in [0.25, 0.3) is 5.65 Å². The molecule has 0 aromatic carbocycles. The van der Waals surface area contributed by atoms with Crippen LogP contribution in [-0.2, 0) is 6.42 Å². The smallest absolute Gasteiger partial charge is 0.183 e. The number of nitriles is 1. The highest BCUT2D eigenvalue weighted by atomic mass is 16.1. The summed E-state index contributed by atoms with van der Waals surface area (Å²) in [5.74, 6) is 0. The molecule has 2 aromatic rings. The Bertz CT molecular complexity index is 530. The predicted octanol–water partition coefficient (Wildman–Crippen LogP) is 0.694. The number of hydrogen-bond donors (Lipinski definition) is 1. The van der Waals surface area contributed by atoms with Crippen LogP contribution in [0.5, 0.6) is 0 Å². The molecule has 0 bridgehead atoms. The molecular formula is C9H7N3O. The van der Waals surface area contributed by atoms with E-state index < -0.39 is 0 Å². The number of imidazole rings is 1. The van der Waals surface area contributed by atoms with Crippen LogP contribution < -0.4 is 5.43 Å². The summed E-state index contributed by atoms with van der Waals surface area (Å²) >= 11 is 0. The summed E-state index contributed by atoms with van der Waals surface area (Å²) in [6.07, 6.45) is 3.81. The molecule has 0 amide bonds. The maximum Gasteiger partial charge on any atom is 0.183 e. The molecule has 0 saturated carbocycles. The van der Waals surface area contributed by atoms with Gasteiger partial charge < -0.3 is 9.38 Å². The van der Waals surface area contributed by atoms with Crippen molar-refractivity contribution < 1.29 is 0 Å². The monoisotopic (exact) mass is 173 g/mol. The molecule has 0 aliphatic rings. The average Bonchev–Trinajstić information content (AvgIpc) is 2.46. The van der Waals surface area contributed by atoms with Crippen molar-refractivity contribution in [3.8, 4) is 6.07 Å². The fourth-order valence-corrected chi connectivity index (χ4v) is 1.24. The Morgan fingerprint density at radius 1 is 1.62 bits per heavy atom. The molecule has 64 valence electrons. The molecule has 0 aliphatic carbocycles. The molecule has 0 atom stereocenters. The van der Waals surface area contributed by atoms with Gasteiger partial charge in [0, 0.05) is 30.2 Å². The van der Waals surface area contributed by atoms with E-state index in [1.807, 2.05) is 6.07 Å². The highest BCUT2D eigenvalue weighted by Crippen LogP contribution is 2.02. The first kappa shape index (κ1) is 7.62. The fourth-order valence-electron chi connectivity index (χ4n) is 1.24. The maximum atomic E-state index is 11.0. The van der Waals surface area contributed by atoms with E-state index in [0.29, 0.717) is 6.42 Å². The minimum absolute atomic E-state index is 0.0367. The van der Waals surface area contributed by atoms with Crippen LogP contribution in [0.4, 0.5) is 0 Å². The lowest BCUT2D eigenvalue weighted by Gasteiger charge is -1.87. The molecule has 0 spiro atoms. The Kier molecular flexibility index (Phi) is 1.64. The third-order valence-corrected chi connectivity index (χ3v) is 1.81. The molecule has 0 unspecified atom stereocenters. The van der Waals surface area contributed by atoms with Gasteiger partial charge in [0.15, 0.2) is 5.43 Å². The number of aromatic amines is 1. The standard InChI is InChI=1S/C9H7N3O/c10-3-1-7-6-12-4-2-8(13)5-9(12)11-7/h2,4-6,11H,1H2. The third kappa shape index (κ3) is 1.32. The molecule has 2 heterocycles. The van der Waals surface area contributed by atoms with Gasteiger partial charge in [-0.2, -0.15) is 5.26 Å². The summed E-state index contributed by atoms with van der Waals surface area (Å²) in [5.41, 5.74) is 1.50. The first-order valence-electron chi connectivity index (χ1n) is 3.86. The second-order valence-corrected chi connectivity index (χ2v) is 2.77. The number of fused-ring (bicyclic) bond motifs is 1. The summed E-state index contributed by atoms with van der Waals surface area (Å²) in [5, 5.41) is 8.46. The first-order valence-corrected chi connectivity index (χ1v) is 3.86. The largest absolute Gasteiger partial charge is 0.343 e. The predicted molar refractivity (Wildman–Crippen MR) is 47.3 cm³/mol. The SMILES string of the molecule is N#CCc1cn2ccc(=O)cc2[nH]1. The van der Waals surface area contributed by atoms with Crippen molar-refractivity contribution in [3.05, 3.63) is 40.4 Å². The van der Waals surface area contributed by atoms with E-state index in [1.165, 1.54) is 12.1 Å². The van der Waals surface area contributed by atoms with Crippen molar-refractivity contribution in [2.24, 2.45) is 0 Å². The Morgan fingerprint density at radius 2 is 2.46 bits per heavy atom. The van der Waals surface area contributed by atoms with Gasteiger partial charge in [0.1, 0.15) is 5.65 Å². The minimum Gasteiger partial charge on any atom is -0.343 e. The van der Waals surface area contributed by atoms with E-state index in [4.69, 9.17) is 5.26 Å². The van der Waals surface area contributed by atoms with Gasteiger partial charge in [-0.25, -0.2) is 0 Å².